The number of carbonyl (C=O) groups excluding carboxylic acids is 3. The molecule has 1 saturated heterocycles. The van der Waals surface area contributed by atoms with Gasteiger partial charge in [-0.3, -0.25) is 19.4 Å². The van der Waals surface area contributed by atoms with Gasteiger partial charge >= 0.3 is 0 Å². The van der Waals surface area contributed by atoms with Crippen LogP contribution in [0.15, 0.2) is 51.2 Å². The highest BCUT2D eigenvalue weighted by atomic mass is 79.9. The number of nitrogens with one attached hydrogen (secondary N) is 1. The van der Waals surface area contributed by atoms with Crippen molar-refractivity contribution in [3.63, 3.8) is 0 Å². The summed E-state index contributed by atoms with van der Waals surface area (Å²) in [4.78, 5) is 39.3. The first-order chi connectivity index (χ1) is 14.2. The molecular weight excluding hydrogens is 457 g/mol. The number of hydrogen-bond acceptors (Lipinski definition) is 6. The van der Waals surface area contributed by atoms with Crippen molar-refractivity contribution in [2.75, 3.05) is 16.8 Å². The highest BCUT2D eigenvalue weighted by Gasteiger charge is 2.55. The lowest BCUT2D eigenvalue weighted by atomic mass is 10.1. The van der Waals surface area contributed by atoms with Gasteiger partial charge in [-0.1, -0.05) is 27.2 Å². The fourth-order valence-corrected chi connectivity index (χ4v) is 3.95. The van der Waals surface area contributed by atoms with Gasteiger partial charge in [0.2, 0.25) is 5.91 Å². The predicted octanol–water partition coefficient (Wildman–Crippen LogP) is 3.14. The first-order valence-electron chi connectivity index (χ1n) is 9.13. The van der Waals surface area contributed by atoms with Crippen LogP contribution in [0, 0.1) is 19.7 Å². The van der Waals surface area contributed by atoms with Crippen molar-refractivity contribution >= 4 is 45.0 Å². The topological polar surface area (TPSA) is 94.4 Å². The number of carbonyl (C=O) groups is 3. The minimum atomic E-state index is -1.00. The zero-order valence-corrected chi connectivity index (χ0v) is 17.7. The Morgan fingerprint density at radius 2 is 1.83 bits per heavy atom. The normalized spacial score (nSPS) is 20.1. The molecule has 30 heavy (non-hydrogen) atoms. The van der Waals surface area contributed by atoms with Crippen LogP contribution in [0.4, 0.5) is 15.8 Å². The number of aryl methyl sites for hydroxylation is 2. The van der Waals surface area contributed by atoms with Gasteiger partial charge in [0, 0.05) is 4.47 Å². The monoisotopic (exact) mass is 473 g/mol. The predicted molar refractivity (Wildman–Crippen MR) is 110 cm³/mol. The number of fused-ring (bicyclic) bond motifs is 1. The maximum atomic E-state index is 14.0. The average molecular weight is 474 g/mol. The van der Waals surface area contributed by atoms with E-state index in [1.807, 2.05) is 19.9 Å². The van der Waals surface area contributed by atoms with E-state index in [0.29, 0.717) is 10.2 Å². The van der Waals surface area contributed by atoms with Crippen LogP contribution in [0.1, 0.15) is 11.1 Å². The van der Waals surface area contributed by atoms with E-state index in [0.717, 1.165) is 16.0 Å². The summed E-state index contributed by atoms with van der Waals surface area (Å²) in [6.45, 7) is 3.40. The number of imide groups is 1. The lowest BCUT2D eigenvalue weighted by Crippen LogP contribution is -2.43. The van der Waals surface area contributed by atoms with Crippen molar-refractivity contribution in [1.29, 1.82) is 0 Å². The molecule has 0 bridgehead atoms. The molecule has 2 aromatic rings. The van der Waals surface area contributed by atoms with Gasteiger partial charge in [0.25, 0.3) is 11.8 Å². The van der Waals surface area contributed by atoms with Crippen LogP contribution in [0.2, 0.25) is 0 Å². The summed E-state index contributed by atoms with van der Waals surface area (Å²) in [5.74, 6) is -2.17. The Bertz CT molecular complexity index is 1090. The van der Waals surface area contributed by atoms with E-state index in [9.17, 15) is 18.8 Å². The standard InChI is InChI=1S/C20H17BrFN5O3/c1-10-5-11(2)7-13(6-10)27-19(29)17-18(20(27)30)26(25-24-17)9-16(28)23-15-4-3-12(21)8-14(15)22/h3-8,17-18H,9H2,1-2H3,(H,23,28)/t17-,18+/m1/s1. The van der Waals surface area contributed by atoms with Crippen LogP contribution in [0.25, 0.3) is 0 Å². The maximum absolute atomic E-state index is 14.0. The summed E-state index contributed by atoms with van der Waals surface area (Å²) < 4.78 is 14.5. The summed E-state index contributed by atoms with van der Waals surface area (Å²) in [6, 6.07) is 7.65. The van der Waals surface area contributed by atoms with Gasteiger partial charge in [0.15, 0.2) is 12.1 Å². The van der Waals surface area contributed by atoms with Crippen molar-refractivity contribution in [2.45, 2.75) is 25.9 Å². The molecular formula is C20H17BrFN5O3. The molecule has 2 aliphatic heterocycles. The van der Waals surface area contributed by atoms with Crippen molar-refractivity contribution in [3.05, 3.63) is 57.8 Å². The molecule has 1 N–H and O–H groups in total. The summed E-state index contributed by atoms with van der Waals surface area (Å²) >= 11 is 3.15. The molecule has 0 aromatic heterocycles. The molecule has 1 fully saturated rings. The molecule has 2 aromatic carbocycles. The number of halogens is 2. The lowest BCUT2D eigenvalue weighted by molar-refractivity contribution is -0.123. The Balaban J connectivity index is 1.51. The molecule has 0 radical (unpaired) electrons. The Morgan fingerprint density at radius 3 is 2.50 bits per heavy atom. The molecule has 2 atom stereocenters. The SMILES string of the molecule is Cc1cc(C)cc(N2C(=O)[C@@H]3[C@@H](N=NN3CC(=O)Nc3ccc(Br)cc3F)C2=O)c1. The van der Waals surface area contributed by atoms with Crippen molar-refractivity contribution in [2.24, 2.45) is 10.3 Å². The third-order valence-electron chi connectivity index (χ3n) is 4.83. The Morgan fingerprint density at radius 1 is 1.13 bits per heavy atom. The van der Waals surface area contributed by atoms with Crippen LogP contribution in [0.5, 0.6) is 0 Å². The van der Waals surface area contributed by atoms with Gasteiger partial charge in [-0.25, -0.2) is 9.29 Å². The van der Waals surface area contributed by atoms with E-state index in [1.165, 1.54) is 17.1 Å². The fourth-order valence-electron chi connectivity index (χ4n) is 3.62. The second-order valence-corrected chi connectivity index (χ2v) is 8.14. The van der Waals surface area contributed by atoms with Gasteiger partial charge in [0.1, 0.15) is 12.4 Å². The van der Waals surface area contributed by atoms with Crippen LogP contribution in [-0.4, -0.2) is 41.4 Å². The molecule has 8 nitrogen and oxygen atoms in total. The third kappa shape index (κ3) is 3.58. The van der Waals surface area contributed by atoms with Crippen molar-refractivity contribution < 1.29 is 18.8 Å². The Labute approximate surface area is 179 Å². The molecule has 2 heterocycles. The minimum absolute atomic E-state index is 0.00146. The fraction of sp³-hybridized carbons (Fsp3) is 0.250. The van der Waals surface area contributed by atoms with Gasteiger partial charge in [0.05, 0.1) is 11.4 Å². The summed E-state index contributed by atoms with van der Waals surface area (Å²) in [7, 11) is 0. The van der Waals surface area contributed by atoms with Crippen LogP contribution >= 0.6 is 15.9 Å². The second-order valence-electron chi connectivity index (χ2n) is 7.22. The number of amides is 3. The second kappa shape index (κ2) is 7.60. The van der Waals surface area contributed by atoms with Gasteiger partial charge in [-0.05, 0) is 55.3 Å². The first kappa shape index (κ1) is 20.1. The molecule has 0 aliphatic carbocycles. The van der Waals surface area contributed by atoms with Gasteiger partial charge in [-0.2, -0.15) is 5.11 Å². The zero-order valence-electron chi connectivity index (χ0n) is 16.1. The highest BCUT2D eigenvalue weighted by molar-refractivity contribution is 9.10. The quantitative estimate of drug-likeness (QED) is 0.690. The number of anilines is 2. The summed E-state index contributed by atoms with van der Waals surface area (Å²) in [6.07, 6.45) is 0. The molecule has 0 unspecified atom stereocenters. The third-order valence-corrected chi connectivity index (χ3v) is 5.33. The molecule has 154 valence electrons. The molecule has 4 rings (SSSR count). The number of hydrogen-bond donors (Lipinski definition) is 1. The van der Waals surface area contributed by atoms with E-state index in [4.69, 9.17) is 0 Å². The maximum Gasteiger partial charge on any atom is 0.263 e. The van der Waals surface area contributed by atoms with E-state index in [2.05, 4.69) is 31.6 Å². The average Bonchev–Trinajstić information content (AvgIpc) is 3.17. The van der Waals surface area contributed by atoms with Gasteiger partial charge < -0.3 is 5.32 Å². The number of rotatable bonds is 4. The first-order valence-corrected chi connectivity index (χ1v) is 9.92. The van der Waals surface area contributed by atoms with E-state index < -0.39 is 35.6 Å². The van der Waals surface area contributed by atoms with E-state index in [-0.39, 0.29) is 12.2 Å². The molecule has 10 heteroatoms. The zero-order chi connectivity index (χ0) is 21.6. The number of nitrogens with zero attached hydrogens (tertiary/aromatic N) is 4. The Kier molecular flexibility index (Phi) is 5.10. The number of benzene rings is 2. The molecule has 0 saturated carbocycles. The molecule has 3 amide bonds. The smallest absolute Gasteiger partial charge is 0.263 e. The van der Waals surface area contributed by atoms with Crippen LogP contribution < -0.4 is 10.2 Å². The van der Waals surface area contributed by atoms with Crippen molar-refractivity contribution in [3.8, 4) is 0 Å². The molecule has 0 spiro atoms. The van der Waals surface area contributed by atoms with E-state index in [1.54, 1.807) is 18.2 Å². The summed E-state index contributed by atoms with van der Waals surface area (Å²) in [5, 5.41) is 11.3. The van der Waals surface area contributed by atoms with Crippen LogP contribution in [0.3, 0.4) is 0 Å². The lowest BCUT2D eigenvalue weighted by Gasteiger charge is -2.20. The van der Waals surface area contributed by atoms with E-state index >= 15 is 0 Å². The highest BCUT2D eigenvalue weighted by Crippen LogP contribution is 2.32. The Hall–Kier alpha value is -3.14. The van der Waals surface area contributed by atoms with Crippen molar-refractivity contribution in [1.82, 2.24) is 5.01 Å². The summed E-state index contributed by atoms with van der Waals surface area (Å²) in [5.41, 5.74) is 2.30. The largest absolute Gasteiger partial charge is 0.322 e. The van der Waals surface area contributed by atoms with Gasteiger partial charge in [-0.15, -0.1) is 0 Å². The minimum Gasteiger partial charge on any atom is -0.322 e. The molecule has 2 aliphatic rings. The van der Waals surface area contributed by atoms with Crippen LogP contribution in [-0.2, 0) is 14.4 Å².